The fourth-order valence-corrected chi connectivity index (χ4v) is 3.60. The summed E-state index contributed by atoms with van der Waals surface area (Å²) in [5.74, 6) is 2.42. The van der Waals surface area contributed by atoms with Crippen LogP contribution in [0.25, 0.3) is 0 Å². The molecule has 0 radical (unpaired) electrons. The normalized spacial score (nSPS) is 28.9. The van der Waals surface area contributed by atoms with Crippen LogP contribution >= 0.6 is 0 Å². The van der Waals surface area contributed by atoms with Gasteiger partial charge in [0.15, 0.2) is 0 Å². The second-order valence-electron chi connectivity index (χ2n) is 5.98. The molecule has 4 heteroatoms. The van der Waals surface area contributed by atoms with E-state index in [0.29, 0.717) is 0 Å². The van der Waals surface area contributed by atoms with Crippen LogP contribution in [0.4, 0.5) is 8.78 Å². The van der Waals surface area contributed by atoms with Crippen LogP contribution in [0.2, 0.25) is 0 Å². The number of alkyl halides is 2. The lowest BCUT2D eigenvalue weighted by Gasteiger charge is -2.28. The van der Waals surface area contributed by atoms with Crippen molar-refractivity contribution >= 4 is 0 Å². The first kappa shape index (κ1) is 13.8. The molecule has 1 aromatic rings. The zero-order chi connectivity index (χ0) is 13.9. The molecule has 2 aliphatic rings. The monoisotopic (exact) mass is 282 g/mol. The van der Waals surface area contributed by atoms with Gasteiger partial charge in [0.05, 0.1) is 12.7 Å². The summed E-state index contributed by atoms with van der Waals surface area (Å²) in [6.07, 6.45) is 6.59. The lowest BCUT2D eigenvalue weighted by atomic mass is 9.87. The largest absolute Gasteiger partial charge is 0.490 e. The van der Waals surface area contributed by atoms with Crippen molar-refractivity contribution in [3.63, 3.8) is 0 Å². The smallest absolute Gasteiger partial charge is 0.345 e. The minimum absolute atomic E-state index is 0.0786. The number of hydrogen-bond donors (Lipinski definition) is 0. The molecule has 1 unspecified atom stereocenters. The first-order chi connectivity index (χ1) is 9.69. The SMILES string of the molecule is FC(F)OCc1cccc(OC2C[C@H]3CC[C@@H](C2)C3)c1. The van der Waals surface area contributed by atoms with E-state index in [-0.39, 0.29) is 12.7 Å². The van der Waals surface area contributed by atoms with Crippen LogP contribution in [0.3, 0.4) is 0 Å². The van der Waals surface area contributed by atoms with Gasteiger partial charge in [-0.3, -0.25) is 0 Å². The highest BCUT2D eigenvalue weighted by Gasteiger charge is 2.34. The van der Waals surface area contributed by atoms with Gasteiger partial charge in [-0.15, -0.1) is 0 Å². The van der Waals surface area contributed by atoms with E-state index < -0.39 is 6.61 Å². The zero-order valence-electron chi connectivity index (χ0n) is 11.4. The molecular weight excluding hydrogens is 262 g/mol. The lowest BCUT2D eigenvalue weighted by Crippen LogP contribution is -2.26. The predicted molar refractivity (Wildman–Crippen MR) is 71.7 cm³/mol. The highest BCUT2D eigenvalue weighted by atomic mass is 19.3. The van der Waals surface area contributed by atoms with Gasteiger partial charge in [0, 0.05) is 0 Å². The molecule has 0 spiro atoms. The molecule has 2 aliphatic carbocycles. The van der Waals surface area contributed by atoms with Crippen molar-refractivity contribution < 1.29 is 18.3 Å². The molecular formula is C16H20F2O2. The molecule has 0 heterocycles. The molecule has 0 N–H and O–H groups in total. The van der Waals surface area contributed by atoms with Crippen LogP contribution in [0, 0.1) is 11.8 Å². The standard InChI is InChI=1S/C16H20F2O2/c17-16(18)19-10-13-2-1-3-14(9-13)20-15-7-11-4-5-12(6-11)8-15/h1-3,9,11-12,15-16H,4-8,10H2/t11-,12+,15?. The Morgan fingerprint density at radius 1 is 1.10 bits per heavy atom. The van der Waals surface area contributed by atoms with Crippen LogP contribution in [-0.2, 0) is 11.3 Å². The summed E-state index contributed by atoms with van der Waals surface area (Å²) < 4.78 is 34.4. The average molecular weight is 282 g/mol. The van der Waals surface area contributed by atoms with Crippen molar-refractivity contribution in [2.24, 2.45) is 11.8 Å². The van der Waals surface area contributed by atoms with Crippen molar-refractivity contribution in [2.45, 2.75) is 51.4 Å². The predicted octanol–water partition coefficient (Wildman–Crippen LogP) is 4.38. The number of halogens is 2. The first-order valence-electron chi connectivity index (χ1n) is 7.34. The number of ether oxygens (including phenoxy) is 2. The van der Waals surface area contributed by atoms with E-state index in [1.54, 1.807) is 12.1 Å². The van der Waals surface area contributed by atoms with Gasteiger partial charge in [-0.25, -0.2) is 0 Å². The molecule has 3 atom stereocenters. The Kier molecular flexibility index (Phi) is 4.20. The first-order valence-corrected chi connectivity index (χ1v) is 7.34. The van der Waals surface area contributed by atoms with E-state index in [0.717, 1.165) is 36.0 Å². The summed E-state index contributed by atoms with van der Waals surface area (Å²) in [6.45, 7) is -2.81. The molecule has 110 valence electrons. The molecule has 0 amide bonds. The van der Waals surface area contributed by atoms with Gasteiger partial charge in [0.2, 0.25) is 0 Å². The zero-order valence-corrected chi connectivity index (χ0v) is 11.4. The summed E-state index contributed by atoms with van der Waals surface area (Å²) in [7, 11) is 0. The Morgan fingerprint density at radius 2 is 1.85 bits per heavy atom. The van der Waals surface area contributed by atoms with E-state index >= 15 is 0 Å². The van der Waals surface area contributed by atoms with Crippen LogP contribution in [0.1, 0.15) is 37.7 Å². The van der Waals surface area contributed by atoms with Crippen molar-refractivity contribution in [3.05, 3.63) is 29.8 Å². The van der Waals surface area contributed by atoms with Crippen LogP contribution < -0.4 is 4.74 Å². The number of benzene rings is 1. The number of hydrogen-bond acceptors (Lipinski definition) is 2. The summed E-state index contributed by atoms with van der Waals surface area (Å²) in [4.78, 5) is 0. The van der Waals surface area contributed by atoms with Crippen molar-refractivity contribution in [1.29, 1.82) is 0 Å². The van der Waals surface area contributed by atoms with Gasteiger partial charge in [-0.1, -0.05) is 25.0 Å². The second-order valence-corrected chi connectivity index (χ2v) is 5.98. The van der Waals surface area contributed by atoms with Crippen molar-refractivity contribution in [2.75, 3.05) is 0 Å². The second kappa shape index (κ2) is 6.08. The van der Waals surface area contributed by atoms with Crippen molar-refractivity contribution in [1.82, 2.24) is 0 Å². The van der Waals surface area contributed by atoms with E-state index in [1.807, 2.05) is 12.1 Å². The summed E-state index contributed by atoms with van der Waals surface area (Å²) >= 11 is 0. The fraction of sp³-hybridized carbons (Fsp3) is 0.625. The Labute approximate surface area is 118 Å². The Balaban J connectivity index is 1.58. The van der Waals surface area contributed by atoms with Crippen molar-refractivity contribution in [3.8, 4) is 5.75 Å². The van der Waals surface area contributed by atoms with Crippen LogP contribution in [0.5, 0.6) is 5.75 Å². The maximum absolute atomic E-state index is 12.0. The fourth-order valence-electron chi connectivity index (χ4n) is 3.60. The molecule has 3 rings (SSSR count). The van der Waals surface area contributed by atoms with Gasteiger partial charge >= 0.3 is 6.61 Å². The molecule has 1 aromatic carbocycles. The van der Waals surface area contributed by atoms with E-state index in [1.165, 1.54) is 19.3 Å². The van der Waals surface area contributed by atoms with Gasteiger partial charge < -0.3 is 9.47 Å². The maximum Gasteiger partial charge on any atom is 0.345 e. The summed E-state index contributed by atoms with van der Waals surface area (Å²) in [6, 6.07) is 7.30. The van der Waals surface area contributed by atoms with Crippen LogP contribution in [0.15, 0.2) is 24.3 Å². The minimum atomic E-state index is -2.73. The third-order valence-corrected chi connectivity index (χ3v) is 4.42. The molecule has 2 nitrogen and oxygen atoms in total. The average Bonchev–Trinajstić information content (AvgIpc) is 2.76. The molecule has 0 aliphatic heterocycles. The lowest BCUT2D eigenvalue weighted by molar-refractivity contribution is -0.137. The van der Waals surface area contributed by atoms with Gasteiger partial charge in [0.25, 0.3) is 0 Å². The quantitative estimate of drug-likeness (QED) is 0.797. The van der Waals surface area contributed by atoms with Crippen LogP contribution in [-0.4, -0.2) is 12.7 Å². The summed E-state index contributed by atoms with van der Waals surface area (Å²) in [5.41, 5.74) is 0.724. The third kappa shape index (κ3) is 3.48. The number of fused-ring (bicyclic) bond motifs is 2. The molecule has 2 bridgehead atoms. The minimum Gasteiger partial charge on any atom is -0.490 e. The van der Waals surface area contributed by atoms with Gasteiger partial charge in [0.1, 0.15) is 5.75 Å². The van der Waals surface area contributed by atoms with E-state index in [4.69, 9.17) is 4.74 Å². The van der Waals surface area contributed by atoms with E-state index in [9.17, 15) is 8.78 Å². The molecule has 0 aromatic heterocycles. The number of rotatable bonds is 5. The molecule has 0 saturated heterocycles. The van der Waals surface area contributed by atoms with Gasteiger partial charge in [-0.05, 0) is 48.8 Å². The Bertz CT molecular complexity index is 438. The molecule has 20 heavy (non-hydrogen) atoms. The molecule has 2 saturated carbocycles. The van der Waals surface area contributed by atoms with E-state index in [2.05, 4.69) is 4.74 Å². The molecule has 2 fully saturated rings. The highest BCUT2D eigenvalue weighted by Crippen LogP contribution is 2.43. The maximum atomic E-state index is 12.0. The van der Waals surface area contributed by atoms with Gasteiger partial charge in [-0.2, -0.15) is 8.78 Å². The third-order valence-electron chi connectivity index (χ3n) is 4.42. The highest BCUT2D eigenvalue weighted by molar-refractivity contribution is 5.28. The Hall–Kier alpha value is -1.16. The summed E-state index contributed by atoms with van der Waals surface area (Å²) in [5, 5.41) is 0. The topological polar surface area (TPSA) is 18.5 Å². The Morgan fingerprint density at radius 3 is 2.55 bits per heavy atom.